The van der Waals surface area contributed by atoms with Gasteiger partial charge in [-0.05, 0) is 30.4 Å². The fourth-order valence-corrected chi connectivity index (χ4v) is 3.33. The van der Waals surface area contributed by atoms with Crippen molar-refractivity contribution in [1.29, 1.82) is 0 Å². The highest BCUT2D eigenvalue weighted by Crippen LogP contribution is 2.31. The molecule has 0 radical (unpaired) electrons. The van der Waals surface area contributed by atoms with Crippen LogP contribution >= 0.6 is 11.3 Å². The average molecular weight is 298 g/mol. The summed E-state index contributed by atoms with van der Waals surface area (Å²) in [5, 5.41) is 1.97. The summed E-state index contributed by atoms with van der Waals surface area (Å²) in [7, 11) is 0. The maximum absolute atomic E-state index is 11.3. The van der Waals surface area contributed by atoms with Crippen LogP contribution in [0.5, 0.6) is 0 Å². The number of nitrogens with two attached hydrogens (primary N) is 3. The molecule has 0 aliphatic carbocycles. The Labute approximate surface area is 122 Å². The van der Waals surface area contributed by atoms with Gasteiger partial charge < -0.3 is 17.2 Å². The van der Waals surface area contributed by atoms with Crippen molar-refractivity contribution in [3.8, 4) is 0 Å². The quantitative estimate of drug-likeness (QED) is 0.631. The molecule has 2 atom stereocenters. The monoisotopic (exact) mass is 298 g/mol. The number of hydrogen-bond acceptors (Lipinski definition) is 5. The molecule has 2 unspecified atom stereocenters. The van der Waals surface area contributed by atoms with E-state index in [1.807, 2.05) is 25.3 Å². The molecule has 1 heterocycles. The summed E-state index contributed by atoms with van der Waals surface area (Å²) in [5.74, 6) is -1.01. The summed E-state index contributed by atoms with van der Waals surface area (Å²) < 4.78 is 0. The van der Waals surface area contributed by atoms with Crippen LogP contribution in [0.25, 0.3) is 0 Å². The van der Waals surface area contributed by atoms with Gasteiger partial charge in [-0.1, -0.05) is 6.92 Å². The van der Waals surface area contributed by atoms with Crippen LogP contribution in [-0.2, 0) is 9.59 Å². The van der Waals surface area contributed by atoms with Crippen LogP contribution in [0, 0.1) is 6.92 Å². The van der Waals surface area contributed by atoms with Gasteiger partial charge in [-0.3, -0.25) is 14.5 Å². The molecule has 1 aromatic heterocycles. The van der Waals surface area contributed by atoms with Crippen LogP contribution in [0.1, 0.15) is 29.8 Å². The first-order valence-corrected chi connectivity index (χ1v) is 7.35. The predicted octanol–water partition coefficient (Wildman–Crippen LogP) is 0.108. The van der Waals surface area contributed by atoms with Gasteiger partial charge in [0.2, 0.25) is 11.8 Å². The molecule has 2 amide bonds. The number of carbonyl (C=O) groups is 2. The van der Waals surface area contributed by atoms with Gasteiger partial charge in [-0.25, -0.2) is 0 Å². The number of amides is 2. The van der Waals surface area contributed by atoms with E-state index in [0.717, 1.165) is 16.9 Å². The van der Waals surface area contributed by atoms with E-state index < -0.39 is 11.8 Å². The summed E-state index contributed by atoms with van der Waals surface area (Å²) in [6, 6.07) is 1.55. The minimum absolute atomic E-state index is 0.0430. The van der Waals surface area contributed by atoms with Crippen LogP contribution in [0.15, 0.2) is 11.4 Å². The fraction of sp³-hybridized carbons (Fsp3) is 0.538. The first-order chi connectivity index (χ1) is 9.36. The molecule has 0 fully saturated rings. The Morgan fingerprint density at radius 1 is 1.30 bits per heavy atom. The Morgan fingerprint density at radius 2 is 1.85 bits per heavy atom. The van der Waals surface area contributed by atoms with Crippen molar-refractivity contribution in [2.75, 3.05) is 13.1 Å². The molecule has 6 nitrogen and oxygen atoms in total. The summed E-state index contributed by atoms with van der Waals surface area (Å²) in [5.41, 5.74) is 17.8. The number of nitrogens with zero attached hydrogens (tertiary/aromatic N) is 1. The van der Waals surface area contributed by atoms with Gasteiger partial charge in [-0.2, -0.15) is 0 Å². The Bertz CT molecular complexity index is 459. The molecular weight excluding hydrogens is 276 g/mol. The Morgan fingerprint density at radius 3 is 2.20 bits per heavy atom. The third-order valence-electron chi connectivity index (χ3n) is 3.16. The maximum Gasteiger partial charge on any atom is 0.231 e. The van der Waals surface area contributed by atoms with E-state index in [2.05, 4.69) is 0 Å². The molecule has 112 valence electrons. The van der Waals surface area contributed by atoms with Crippen LogP contribution < -0.4 is 17.2 Å². The average Bonchev–Trinajstić information content (AvgIpc) is 2.74. The van der Waals surface area contributed by atoms with Crippen LogP contribution in [-0.4, -0.2) is 35.8 Å². The standard InChI is InChI=1S/C13H22N4O2S/c1-3-9(14)12(13-8(2)4-5-20-13)17(6-10(15)18)7-11(16)19/h4-5,9,12H,3,6-7,14H2,1-2H3,(H2,15,18)(H2,16,19). The lowest BCUT2D eigenvalue weighted by Gasteiger charge is -2.33. The third-order valence-corrected chi connectivity index (χ3v) is 4.25. The van der Waals surface area contributed by atoms with Gasteiger partial charge in [0.05, 0.1) is 19.1 Å². The van der Waals surface area contributed by atoms with Crippen molar-refractivity contribution in [2.24, 2.45) is 17.2 Å². The Balaban J connectivity index is 3.13. The van der Waals surface area contributed by atoms with Crippen molar-refractivity contribution in [2.45, 2.75) is 32.4 Å². The van der Waals surface area contributed by atoms with Gasteiger partial charge in [0.25, 0.3) is 0 Å². The number of rotatable bonds is 8. The molecule has 1 aromatic rings. The smallest absolute Gasteiger partial charge is 0.231 e. The molecule has 0 spiro atoms. The predicted molar refractivity (Wildman–Crippen MR) is 80.0 cm³/mol. The number of carbonyl (C=O) groups excluding carboxylic acids is 2. The number of thiophene rings is 1. The van der Waals surface area contributed by atoms with Gasteiger partial charge >= 0.3 is 0 Å². The van der Waals surface area contributed by atoms with E-state index in [-0.39, 0.29) is 25.2 Å². The highest BCUT2D eigenvalue weighted by Gasteiger charge is 2.29. The SMILES string of the molecule is CCC(N)C(c1sccc1C)N(CC(N)=O)CC(N)=O. The van der Waals surface area contributed by atoms with Gasteiger partial charge in [0, 0.05) is 10.9 Å². The molecule has 0 saturated carbocycles. The molecule has 20 heavy (non-hydrogen) atoms. The molecule has 0 aromatic carbocycles. The van der Waals surface area contributed by atoms with E-state index in [1.54, 1.807) is 16.2 Å². The maximum atomic E-state index is 11.3. The van der Waals surface area contributed by atoms with Crippen molar-refractivity contribution in [1.82, 2.24) is 4.90 Å². The Hall–Kier alpha value is -1.44. The summed E-state index contributed by atoms with van der Waals surface area (Å²) >= 11 is 1.56. The third kappa shape index (κ3) is 4.29. The van der Waals surface area contributed by atoms with Crippen molar-refractivity contribution in [3.63, 3.8) is 0 Å². The zero-order chi connectivity index (χ0) is 15.3. The van der Waals surface area contributed by atoms with Gasteiger partial charge in [0.15, 0.2) is 0 Å². The van der Waals surface area contributed by atoms with E-state index in [4.69, 9.17) is 17.2 Å². The lowest BCUT2D eigenvalue weighted by molar-refractivity contribution is -0.123. The number of primary amides is 2. The van der Waals surface area contributed by atoms with Crippen molar-refractivity contribution in [3.05, 3.63) is 21.9 Å². The summed E-state index contributed by atoms with van der Waals surface area (Å²) in [4.78, 5) is 25.2. The first-order valence-electron chi connectivity index (χ1n) is 6.47. The van der Waals surface area contributed by atoms with Gasteiger partial charge in [-0.15, -0.1) is 11.3 Å². The minimum atomic E-state index is -0.506. The summed E-state index contributed by atoms with van der Waals surface area (Å²) in [6.45, 7) is 3.86. The zero-order valence-corrected chi connectivity index (χ0v) is 12.7. The van der Waals surface area contributed by atoms with Crippen molar-refractivity contribution < 1.29 is 9.59 Å². The topological polar surface area (TPSA) is 115 Å². The lowest BCUT2D eigenvalue weighted by atomic mass is 10.0. The second kappa shape index (κ2) is 7.37. The first kappa shape index (κ1) is 16.6. The van der Waals surface area contributed by atoms with E-state index in [9.17, 15) is 9.59 Å². The van der Waals surface area contributed by atoms with Crippen LogP contribution in [0.4, 0.5) is 0 Å². The summed E-state index contributed by atoms with van der Waals surface area (Å²) in [6.07, 6.45) is 0.718. The highest BCUT2D eigenvalue weighted by molar-refractivity contribution is 7.10. The number of aryl methyl sites for hydroxylation is 1. The molecule has 0 aliphatic heterocycles. The number of hydrogen-bond donors (Lipinski definition) is 3. The van der Waals surface area contributed by atoms with E-state index >= 15 is 0 Å². The normalized spacial score (nSPS) is 14.2. The second-order valence-corrected chi connectivity index (χ2v) is 5.77. The second-order valence-electron chi connectivity index (χ2n) is 4.82. The Kier molecular flexibility index (Phi) is 6.12. The molecule has 7 heteroatoms. The van der Waals surface area contributed by atoms with Crippen LogP contribution in [0.2, 0.25) is 0 Å². The molecular formula is C13H22N4O2S. The molecule has 0 saturated heterocycles. The largest absolute Gasteiger partial charge is 0.369 e. The fourth-order valence-electron chi connectivity index (χ4n) is 2.19. The zero-order valence-electron chi connectivity index (χ0n) is 11.8. The van der Waals surface area contributed by atoms with Crippen molar-refractivity contribution >= 4 is 23.2 Å². The van der Waals surface area contributed by atoms with Gasteiger partial charge in [0.1, 0.15) is 0 Å². The molecule has 1 rings (SSSR count). The van der Waals surface area contributed by atoms with E-state index in [1.165, 1.54) is 0 Å². The molecule has 6 N–H and O–H groups in total. The molecule has 0 bridgehead atoms. The minimum Gasteiger partial charge on any atom is -0.369 e. The lowest BCUT2D eigenvalue weighted by Crippen LogP contribution is -2.47. The van der Waals surface area contributed by atoms with E-state index in [0.29, 0.717) is 0 Å². The molecule has 0 aliphatic rings. The van der Waals surface area contributed by atoms with Crippen LogP contribution in [0.3, 0.4) is 0 Å². The highest BCUT2D eigenvalue weighted by atomic mass is 32.1.